The molecule has 0 bridgehead atoms. The molecule has 2 aromatic rings. The van der Waals surface area contributed by atoms with E-state index in [1.165, 1.54) is 27.8 Å². The Morgan fingerprint density at radius 3 is 2.55 bits per heavy atom. The van der Waals surface area contributed by atoms with Crippen LogP contribution in [0.15, 0.2) is 48.0 Å². The van der Waals surface area contributed by atoms with Crippen LogP contribution in [0.4, 0.5) is 4.39 Å². The van der Waals surface area contributed by atoms with E-state index < -0.39 is 0 Å². The highest BCUT2D eigenvalue weighted by Crippen LogP contribution is 2.46. The molecule has 6 rings (SSSR count). The van der Waals surface area contributed by atoms with Crippen LogP contribution in [0, 0.1) is 5.92 Å². The summed E-state index contributed by atoms with van der Waals surface area (Å²) in [5.74, 6) is 1.38. The molecule has 2 aliphatic carbocycles. The first-order valence-corrected chi connectivity index (χ1v) is 14.5. The average Bonchev–Trinajstić information content (AvgIpc) is 3.54. The molecule has 0 amide bonds. The van der Waals surface area contributed by atoms with Crippen molar-refractivity contribution in [2.45, 2.75) is 69.7 Å². The quantitative estimate of drug-likeness (QED) is 0.465. The third-order valence-electron chi connectivity index (χ3n) is 8.91. The van der Waals surface area contributed by atoms with E-state index in [1.54, 1.807) is 0 Å². The lowest BCUT2D eigenvalue weighted by molar-refractivity contribution is -0.180. The summed E-state index contributed by atoms with van der Waals surface area (Å²) in [7, 11) is 0. The first-order chi connectivity index (χ1) is 18.6. The van der Waals surface area contributed by atoms with Gasteiger partial charge in [-0.1, -0.05) is 23.8 Å². The summed E-state index contributed by atoms with van der Waals surface area (Å²) < 4.78 is 30.9. The molecular formula is C32H40FNO4. The zero-order valence-corrected chi connectivity index (χ0v) is 22.3. The molecule has 4 aliphatic rings. The fourth-order valence-electron chi connectivity index (χ4n) is 7.01. The molecule has 1 unspecified atom stereocenters. The van der Waals surface area contributed by atoms with Gasteiger partial charge in [0.1, 0.15) is 17.6 Å². The van der Waals surface area contributed by atoms with Crippen molar-refractivity contribution >= 4 is 5.57 Å². The minimum atomic E-state index is -0.355. The van der Waals surface area contributed by atoms with Crippen molar-refractivity contribution in [3.63, 3.8) is 0 Å². The maximum Gasteiger partial charge on any atom is 0.168 e. The van der Waals surface area contributed by atoms with E-state index in [4.69, 9.17) is 14.2 Å². The van der Waals surface area contributed by atoms with Gasteiger partial charge in [-0.15, -0.1) is 0 Å². The Bertz CT molecular complexity index is 1130. The molecule has 2 aromatic carbocycles. The molecule has 1 N–H and O–H groups in total. The van der Waals surface area contributed by atoms with Gasteiger partial charge < -0.3 is 19.3 Å². The number of hydrogen-bond donors (Lipinski definition) is 1. The molecule has 1 saturated carbocycles. The van der Waals surface area contributed by atoms with Crippen LogP contribution in [0.1, 0.15) is 68.1 Å². The molecule has 2 aliphatic heterocycles. The highest BCUT2D eigenvalue weighted by atomic mass is 19.1. The smallest absolute Gasteiger partial charge is 0.168 e. The number of aryl methyl sites for hydroxylation is 1. The van der Waals surface area contributed by atoms with Crippen LogP contribution < -0.4 is 4.74 Å². The van der Waals surface area contributed by atoms with Gasteiger partial charge in [0.2, 0.25) is 0 Å². The largest absolute Gasteiger partial charge is 0.508 e. The van der Waals surface area contributed by atoms with Gasteiger partial charge in [-0.25, -0.2) is 0 Å². The predicted octanol–water partition coefficient (Wildman–Crippen LogP) is 6.28. The standard InChI is InChI=1S/C32H40FNO4/c33-16-2-17-34-18-13-28(22-34)38-27-8-5-24(6-9-27)31-29(4-1-3-25-21-26(35)7-10-30(25)31)23-11-14-32(15-12-23)36-19-20-37-32/h5-10,21,23,28,35H,1-4,11-20,22H2. The maximum atomic E-state index is 12.6. The van der Waals surface area contributed by atoms with Crippen LogP contribution in [0.2, 0.25) is 0 Å². The van der Waals surface area contributed by atoms with Crippen molar-refractivity contribution in [1.29, 1.82) is 0 Å². The molecule has 0 radical (unpaired) electrons. The van der Waals surface area contributed by atoms with Crippen molar-refractivity contribution in [1.82, 2.24) is 4.90 Å². The van der Waals surface area contributed by atoms with E-state index in [0.717, 1.165) is 76.8 Å². The van der Waals surface area contributed by atoms with Gasteiger partial charge in [-0.05, 0) is 97.4 Å². The summed E-state index contributed by atoms with van der Waals surface area (Å²) in [6.07, 6.45) is 8.93. The number of aromatic hydroxyl groups is 1. The second kappa shape index (κ2) is 11.4. The van der Waals surface area contributed by atoms with E-state index in [1.807, 2.05) is 12.1 Å². The second-order valence-electron chi connectivity index (χ2n) is 11.4. The maximum absolute atomic E-state index is 12.6. The van der Waals surface area contributed by atoms with Crippen molar-refractivity contribution in [2.75, 3.05) is 39.5 Å². The number of halogens is 1. The van der Waals surface area contributed by atoms with Crippen LogP contribution in [-0.4, -0.2) is 61.4 Å². The SMILES string of the molecule is Oc1ccc2c(c1)CCCC(C1CCC3(CC1)OCCO3)=C2c1ccc(OC2CCN(CCCF)C2)cc1. The van der Waals surface area contributed by atoms with E-state index in [-0.39, 0.29) is 18.6 Å². The first-order valence-electron chi connectivity index (χ1n) is 14.5. The zero-order valence-electron chi connectivity index (χ0n) is 22.3. The summed E-state index contributed by atoms with van der Waals surface area (Å²) in [5.41, 5.74) is 6.55. The van der Waals surface area contributed by atoms with E-state index in [9.17, 15) is 9.50 Å². The minimum absolute atomic E-state index is 0.159. The van der Waals surface area contributed by atoms with Crippen LogP contribution in [0.5, 0.6) is 11.5 Å². The Kier molecular flexibility index (Phi) is 7.73. The van der Waals surface area contributed by atoms with Gasteiger partial charge in [0.15, 0.2) is 5.79 Å². The highest BCUT2D eigenvalue weighted by Gasteiger charge is 2.41. The number of nitrogens with zero attached hydrogens (tertiary/aromatic N) is 1. The van der Waals surface area contributed by atoms with Gasteiger partial charge in [0.25, 0.3) is 0 Å². The Morgan fingerprint density at radius 2 is 1.79 bits per heavy atom. The number of hydrogen-bond acceptors (Lipinski definition) is 5. The molecule has 1 atom stereocenters. The first kappa shape index (κ1) is 25.8. The van der Waals surface area contributed by atoms with Crippen LogP contribution in [-0.2, 0) is 15.9 Å². The molecule has 1 spiro atoms. The third kappa shape index (κ3) is 5.49. The van der Waals surface area contributed by atoms with Crippen molar-refractivity contribution in [3.8, 4) is 11.5 Å². The number of fused-ring (bicyclic) bond motifs is 1. The van der Waals surface area contributed by atoms with Crippen molar-refractivity contribution < 1.29 is 23.7 Å². The number of rotatable bonds is 7. The molecule has 38 heavy (non-hydrogen) atoms. The number of allylic oxidation sites excluding steroid dienone is 1. The second-order valence-corrected chi connectivity index (χ2v) is 11.4. The summed E-state index contributed by atoms with van der Waals surface area (Å²) in [4.78, 5) is 2.30. The molecule has 5 nitrogen and oxygen atoms in total. The van der Waals surface area contributed by atoms with Crippen LogP contribution >= 0.6 is 0 Å². The van der Waals surface area contributed by atoms with Gasteiger partial charge in [0, 0.05) is 32.5 Å². The normalized spacial score (nSPS) is 24.1. The lowest BCUT2D eigenvalue weighted by atomic mass is 9.76. The average molecular weight is 522 g/mol. The lowest BCUT2D eigenvalue weighted by Gasteiger charge is -2.37. The number of benzene rings is 2. The molecule has 2 saturated heterocycles. The van der Waals surface area contributed by atoms with E-state index >= 15 is 0 Å². The summed E-state index contributed by atoms with van der Waals surface area (Å²) in [6.45, 7) is 3.81. The number of likely N-dealkylation sites (tertiary alicyclic amines) is 1. The molecule has 0 aromatic heterocycles. The third-order valence-corrected chi connectivity index (χ3v) is 8.91. The zero-order chi connectivity index (χ0) is 26.0. The van der Waals surface area contributed by atoms with Crippen LogP contribution in [0.25, 0.3) is 5.57 Å². The minimum Gasteiger partial charge on any atom is -0.508 e. The number of phenolic OH excluding ortho intramolecular Hbond substituents is 1. The number of phenols is 1. The topological polar surface area (TPSA) is 51.2 Å². The fraction of sp³-hybridized carbons (Fsp3) is 0.562. The summed E-state index contributed by atoms with van der Waals surface area (Å²) in [5, 5.41) is 10.2. The van der Waals surface area contributed by atoms with Gasteiger partial charge in [-0.2, -0.15) is 0 Å². The van der Waals surface area contributed by atoms with Crippen LogP contribution in [0.3, 0.4) is 0 Å². The van der Waals surface area contributed by atoms with Gasteiger partial charge in [-0.3, -0.25) is 9.29 Å². The Labute approximate surface area is 225 Å². The summed E-state index contributed by atoms with van der Waals surface area (Å²) >= 11 is 0. The molecular weight excluding hydrogens is 481 g/mol. The number of alkyl halides is 1. The van der Waals surface area contributed by atoms with E-state index in [0.29, 0.717) is 31.3 Å². The van der Waals surface area contributed by atoms with Gasteiger partial charge in [0.05, 0.1) is 19.9 Å². The summed E-state index contributed by atoms with van der Waals surface area (Å²) in [6, 6.07) is 14.5. The highest BCUT2D eigenvalue weighted by molar-refractivity contribution is 5.85. The molecule has 6 heteroatoms. The van der Waals surface area contributed by atoms with Crippen molar-refractivity contribution in [2.24, 2.45) is 5.92 Å². The van der Waals surface area contributed by atoms with Gasteiger partial charge >= 0.3 is 0 Å². The monoisotopic (exact) mass is 521 g/mol. The predicted molar refractivity (Wildman–Crippen MR) is 146 cm³/mol. The Morgan fingerprint density at radius 1 is 1.00 bits per heavy atom. The van der Waals surface area contributed by atoms with Crippen molar-refractivity contribution in [3.05, 3.63) is 64.7 Å². The number of ether oxygens (including phenoxy) is 3. The molecule has 2 heterocycles. The Hall–Kier alpha value is -2.41. The Balaban J connectivity index is 1.26. The lowest BCUT2D eigenvalue weighted by Crippen LogP contribution is -2.35. The molecule has 204 valence electrons. The van der Waals surface area contributed by atoms with E-state index in [2.05, 4.69) is 35.2 Å². The fourth-order valence-corrected chi connectivity index (χ4v) is 7.01. The molecule has 3 fully saturated rings.